The highest BCUT2D eigenvalue weighted by atomic mass is 32.1. The molecule has 1 atom stereocenters. The van der Waals surface area contributed by atoms with Crippen LogP contribution < -0.4 is 11.1 Å². The third-order valence-electron chi connectivity index (χ3n) is 5.32. The van der Waals surface area contributed by atoms with Crippen molar-refractivity contribution in [3.63, 3.8) is 0 Å². The van der Waals surface area contributed by atoms with Crippen molar-refractivity contribution in [3.05, 3.63) is 39.8 Å². The van der Waals surface area contributed by atoms with E-state index in [2.05, 4.69) is 20.2 Å². The normalized spacial score (nSPS) is 22.9. The van der Waals surface area contributed by atoms with Crippen LogP contribution in [0.25, 0.3) is 0 Å². The largest absolute Gasteiger partial charge is 0.368 e. The molecular weight excluding hydrogens is 334 g/mol. The average Bonchev–Trinajstić information content (AvgIpc) is 3.23. The number of hydrogen-bond acceptors (Lipinski definition) is 6. The Bertz CT molecular complexity index is 759. The fraction of sp³-hybridized carbons (Fsp3) is 0.500. The number of nitrogens with one attached hydrogen (secondary N) is 1. The number of piperidine rings is 1. The Morgan fingerprint density at radius 3 is 3.20 bits per heavy atom. The smallest absolute Gasteiger partial charge is 0.234 e. The number of hydrogen-bond donors (Lipinski definition) is 2. The maximum atomic E-state index is 12.3. The molecule has 3 heterocycles. The van der Waals surface area contributed by atoms with Gasteiger partial charge in [0, 0.05) is 23.0 Å². The topological polar surface area (TPSA) is 84.1 Å². The maximum Gasteiger partial charge on any atom is 0.234 e. The minimum Gasteiger partial charge on any atom is -0.368 e. The lowest BCUT2D eigenvalue weighted by Crippen LogP contribution is -2.48. The maximum absolute atomic E-state index is 12.3. The van der Waals surface area contributed by atoms with Gasteiger partial charge in [-0.1, -0.05) is 6.07 Å². The Labute approximate surface area is 151 Å². The van der Waals surface area contributed by atoms with E-state index < -0.39 is 0 Å². The molecule has 1 unspecified atom stereocenters. The van der Waals surface area contributed by atoms with E-state index in [0.29, 0.717) is 19.0 Å². The number of aryl methyl sites for hydroxylation is 1. The molecule has 1 aliphatic heterocycles. The first-order valence-corrected chi connectivity index (χ1v) is 9.66. The van der Waals surface area contributed by atoms with Gasteiger partial charge in [-0.05, 0) is 49.2 Å². The molecule has 0 saturated carbocycles. The number of carbonyl (C=O) groups excluding carboxylic acids is 1. The number of likely N-dealkylation sites (tertiary alicyclic amines) is 1. The number of nitrogens with two attached hydrogens (primary N) is 1. The van der Waals surface area contributed by atoms with E-state index in [1.165, 1.54) is 10.4 Å². The zero-order valence-corrected chi connectivity index (χ0v) is 15.0. The van der Waals surface area contributed by atoms with Crippen LogP contribution in [0, 0.1) is 0 Å². The molecule has 2 aliphatic rings. The van der Waals surface area contributed by atoms with Crippen molar-refractivity contribution < 1.29 is 4.79 Å². The molecule has 2 aromatic heterocycles. The Hall–Kier alpha value is -1.99. The molecule has 25 heavy (non-hydrogen) atoms. The fourth-order valence-corrected chi connectivity index (χ4v) is 4.82. The van der Waals surface area contributed by atoms with E-state index in [4.69, 9.17) is 5.73 Å². The van der Waals surface area contributed by atoms with E-state index in [0.717, 1.165) is 44.5 Å². The van der Waals surface area contributed by atoms with Crippen LogP contribution in [-0.2, 0) is 23.2 Å². The third-order valence-corrected chi connectivity index (χ3v) is 6.20. The predicted octanol–water partition coefficient (Wildman–Crippen LogP) is 1.72. The quantitative estimate of drug-likeness (QED) is 0.870. The van der Waals surface area contributed by atoms with E-state index in [-0.39, 0.29) is 11.3 Å². The number of carbonyl (C=O) groups is 1. The number of anilines is 1. The average molecular weight is 357 g/mol. The van der Waals surface area contributed by atoms with E-state index >= 15 is 0 Å². The van der Waals surface area contributed by atoms with Crippen molar-refractivity contribution in [1.82, 2.24) is 20.2 Å². The molecule has 1 fully saturated rings. The van der Waals surface area contributed by atoms with Gasteiger partial charge in [-0.3, -0.25) is 9.69 Å². The highest BCUT2D eigenvalue weighted by molar-refractivity contribution is 7.09. The Morgan fingerprint density at radius 1 is 1.44 bits per heavy atom. The van der Waals surface area contributed by atoms with E-state index in [1.54, 1.807) is 11.3 Å². The number of aromatic nitrogens is 2. The second-order valence-electron chi connectivity index (χ2n) is 7.05. The van der Waals surface area contributed by atoms with Crippen LogP contribution in [0.4, 0.5) is 5.95 Å². The molecular formula is C18H23N5OS. The van der Waals surface area contributed by atoms with Crippen molar-refractivity contribution in [1.29, 1.82) is 0 Å². The Morgan fingerprint density at radius 2 is 2.36 bits per heavy atom. The second kappa shape index (κ2) is 6.72. The standard InChI is InChI=1S/C18H23N5OS/c19-17-21-9-13-4-6-18(16(13)22-17)5-2-7-23(12-18)11-15(24)20-10-14-3-1-8-25-14/h1,3,8-9H,2,4-7,10-12H2,(H,20,24)(H2,19,21,22). The van der Waals surface area contributed by atoms with Crippen LogP contribution in [0.15, 0.2) is 23.7 Å². The fourth-order valence-electron chi connectivity index (χ4n) is 4.17. The summed E-state index contributed by atoms with van der Waals surface area (Å²) in [5, 5.41) is 5.05. The zero-order chi connectivity index (χ0) is 17.3. The van der Waals surface area contributed by atoms with Gasteiger partial charge in [0.2, 0.25) is 11.9 Å². The first-order valence-electron chi connectivity index (χ1n) is 8.78. The van der Waals surface area contributed by atoms with Crippen LogP contribution in [0.5, 0.6) is 0 Å². The van der Waals surface area contributed by atoms with Gasteiger partial charge in [-0.15, -0.1) is 11.3 Å². The van der Waals surface area contributed by atoms with Gasteiger partial charge in [0.15, 0.2) is 0 Å². The summed E-state index contributed by atoms with van der Waals surface area (Å²) in [4.78, 5) is 24.5. The second-order valence-corrected chi connectivity index (χ2v) is 8.08. The lowest BCUT2D eigenvalue weighted by Gasteiger charge is -2.40. The number of nitrogen functional groups attached to an aromatic ring is 1. The third kappa shape index (κ3) is 3.39. The number of fused-ring (bicyclic) bond motifs is 2. The van der Waals surface area contributed by atoms with Crippen LogP contribution in [0.3, 0.4) is 0 Å². The van der Waals surface area contributed by atoms with Crippen LogP contribution in [0.1, 0.15) is 35.4 Å². The summed E-state index contributed by atoms with van der Waals surface area (Å²) in [5.41, 5.74) is 8.20. The molecule has 3 N–H and O–H groups in total. The first kappa shape index (κ1) is 16.5. The minimum absolute atomic E-state index is 0.0404. The predicted molar refractivity (Wildman–Crippen MR) is 98.3 cm³/mol. The molecule has 1 spiro atoms. The van der Waals surface area contributed by atoms with Crippen LogP contribution in [-0.4, -0.2) is 40.4 Å². The zero-order valence-electron chi connectivity index (χ0n) is 14.2. The minimum atomic E-state index is 0.0404. The highest BCUT2D eigenvalue weighted by Crippen LogP contribution is 2.43. The molecule has 4 rings (SSSR count). The number of thiophene rings is 1. The van der Waals surface area contributed by atoms with Gasteiger partial charge < -0.3 is 11.1 Å². The molecule has 1 saturated heterocycles. The van der Waals surface area contributed by atoms with E-state index in [1.807, 2.05) is 23.7 Å². The van der Waals surface area contributed by atoms with Crippen LogP contribution in [0.2, 0.25) is 0 Å². The van der Waals surface area contributed by atoms with Crippen molar-refractivity contribution in [2.75, 3.05) is 25.4 Å². The highest BCUT2D eigenvalue weighted by Gasteiger charge is 2.43. The Balaban J connectivity index is 1.40. The summed E-state index contributed by atoms with van der Waals surface area (Å²) in [6.07, 6.45) is 6.16. The summed E-state index contributed by atoms with van der Waals surface area (Å²) >= 11 is 1.67. The molecule has 0 radical (unpaired) electrons. The number of nitrogens with zero attached hydrogens (tertiary/aromatic N) is 3. The molecule has 2 aromatic rings. The van der Waals surface area contributed by atoms with Crippen molar-refractivity contribution in [3.8, 4) is 0 Å². The molecule has 1 amide bonds. The molecule has 1 aliphatic carbocycles. The number of rotatable bonds is 4. The van der Waals surface area contributed by atoms with E-state index in [9.17, 15) is 4.79 Å². The lowest BCUT2D eigenvalue weighted by atomic mass is 9.77. The van der Waals surface area contributed by atoms with Gasteiger partial charge >= 0.3 is 0 Å². The molecule has 0 bridgehead atoms. The lowest BCUT2D eigenvalue weighted by molar-refractivity contribution is -0.122. The number of amides is 1. The van der Waals surface area contributed by atoms with Crippen molar-refractivity contribution >= 4 is 23.2 Å². The van der Waals surface area contributed by atoms with Gasteiger partial charge in [-0.2, -0.15) is 0 Å². The van der Waals surface area contributed by atoms with Gasteiger partial charge in [-0.25, -0.2) is 9.97 Å². The van der Waals surface area contributed by atoms with Gasteiger partial charge in [0.1, 0.15) is 0 Å². The molecule has 6 nitrogen and oxygen atoms in total. The summed E-state index contributed by atoms with van der Waals surface area (Å²) in [7, 11) is 0. The summed E-state index contributed by atoms with van der Waals surface area (Å²) in [6, 6.07) is 4.05. The van der Waals surface area contributed by atoms with Crippen LogP contribution >= 0.6 is 11.3 Å². The Kier molecular flexibility index (Phi) is 4.43. The summed E-state index contributed by atoms with van der Waals surface area (Å²) in [6.45, 7) is 2.90. The molecule has 7 heteroatoms. The SMILES string of the molecule is Nc1ncc2c(n1)C1(CCCN(CC(=O)NCc3cccs3)C1)CC2. The summed E-state index contributed by atoms with van der Waals surface area (Å²) < 4.78 is 0. The molecule has 0 aromatic carbocycles. The molecule has 132 valence electrons. The van der Waals surface area contributed by atoms with Crippen molar-refractivity contribution in [2.45, 2.75) is 37.6 Å². The monoisotopic (exact) mass is 357 g/mol. The van der Waals surface area contributed by atoms with Crippen molar-refractivity contribution in [2.24, 2.45) is 0 Å². The summed E-state index contributed by atoms with van der Waals surface area (Å²) in [5.74, 6) is 0.441. The van der Waals surface area contributed by atoms with Gasteiger partial charge in [0.25, 0.3) is 0 Å². The van der Waals surface area contributed by atoms with Gasteiger partial charge in [0.05, 0.1) is 18.8 Å². The first-order chi connectivity index (χ1) is 12.1.